The molecule has 1 saturated heterocycles. The highest BCUT2D eigenvalue weighted by Crippen LogP contribution is 2.18. The average molecular weight is 232 g/mol. The quantitative estimate of drug-likeness (QED) is 0.744. The van der Waals surface area contributed by atoms with Crippen molar-refractivity contribution in [3.63, 3.8) is 0 Å². The minimum absolute atomic E-state index is 0.189. The Balaban J connectivity index is 2.56. The number of carbonyl (C=O) groups excluding carboxylic acids is 1. The Bertz CT molecular complexity index is 228. The van der Waals surface area contributed by atoms with E-state index in [1.54, 1.807) is 16.7 Å². The molecule has 0 bridgehead atoms. The van der Waals surface area contributed by atoms with Crippen molar-refractivity contribution in [2.45, 2.75) is 31.7 Å². The summed E-state index contributed by atoms with van der Waals surface area (Å²) in [5, 5.41) is 3.45. The van der Waals surface area contributed by atoms with Crippen LogP contribution in [-0.4, -0.2) is 47.9 Å². The molecule has 4 nitrogen and oxygen atoms in total. The van der Waals surface area contributed by atoms with E-state index in [0.717, 1.165) is 19.6 Å². The summed E-state index contributed by atoms with van der Waals surface area (Å²) < 4.78 is 5.36. The summed E-state index contributed by atoms with van der Waals surface area (Å²) >= 11 is 1.67. The minimum atomic E-state index is -0.412. The van der Waals surface area contributed by atoms with E-state index in [4.69, 9.17) is 4.74 Å². The fraction of sp³-hybridized carbons (Fsp3) is 0.900. The highest BCUT2D eigenvalue weighted by atomic mass is 32.2. The smallest absolute Gasteiger partial charge is 0.411 e. The fourth-order valence-electron chi connectivity index (χ4n) is 1.42. The molecule has 15 heavy (non-hydrogen) atoms. The number of hydrogen-bond acceptors (Lipinski definition) is 4. The molecule has 0 aromatic carbocycles. The van der Waals surface area contributed by atoms with Crippen LogP contribution < -0.4 is 5.32 Å². The van der Waals surface area contributed by atoms with E-state index in [2.05, 4.69) is 5.32 Å². The largest absolute Gasteiger partial charge is 0.444 e. The summed E-state index contributed by atoms with van der Waals surface area (Å²) in [6.07, 6.45) is 1.80. The molecule has 0 spiro atoms. The number of rotatable bonds is 1. The number of ether oxygens (including phenoxy) is 1. The van der Waals surface area contributed by atoms with Gasteiger partial charge in [-0.3, -0.25) is 4.90 Å². The molecular formula is C10H20N2O2S. The molecule has 1 aliphatic heterocycles. The molecule has 0 radical (unpaired) electrons. The molecule has 1 fully saturated rings. The van der Waals surface area contributed by atoms with Gasteiger partial charge in [-0.25, -0.2) is 4.79 Å². The lowest BCUT2D eigenvalue weighted by atomic mass is 10.2. The van der Waals surface area contributed by atoms with E-state index in [1.165, 1.54) is 0 Å². The SMILES string of the molecule is CS[C@@H]1CNCCN1C(=O)OC(C)(C)C. The number of thioether (sulfide) groups is 1. The van der Waals surface area contributed by atoms with Gasteiger partial charge in [0.15, 0.2) is 0 Å². The zero-order chi connectivity index (χ0) is 11.5. The third-order valence-corrected chi connectivity index (χ3v) is 3.06. The van der Waals surface area contributed by atoms with Crippen molar-refractivity contribution in [1.29, 1.82) is 0 Å². The van der Waals surface area contributed by atoms with Gasteiger partial charge < -0.3 is 10.1 Å². The molecule has 0 saturated carbocycles. The van der Waals surface area contributed by atoms with Gasteiger partial charge >= 0.3 is 6.09 Å². The molecule has 0 unspecified atom stereocenters. The van der Waals surface area contributed by atoms with E-state index >= 15 is 0 Å². The molecular weight excluding hydrogens is 212 g/mol. The molecule has 0 aliphatic carbocycles. The minimum Gasteiger partial charge on any atom is -0.444 e. The van der Waals surface area contributed by atoms with Crippen molar-refractivity contribution in [3.8, 4) is 0 Å². The second-order valence-corrected chi connectivity index (χ2v) is 5.58. The first kappa shape index (κ1) is 12.6. The van der Waals surface area contributed by atoms with Gasteiger partial charge in [0.25, 0.3) is 0 Å². The van der Waals surface area contributed by atoms with E-state index in [9.17, 15) is 4.79 Å². The van der Waals surface area contributed by atoms with Crippen molar-refractivity contribution < 1.29 is 9.53 Å². The Morgan fingerprint density at radius 1 is 1.53 bits per heavy atom. The number of amides is 1. The topological polar surface area (TPSA) is 41.6 Å². The van der Waals surface area contributed by atoms with Crippen LogP contribution in [0.5, 0.6) is 0 Å². The van der Waals surface area contributed by atoms with Gasteiger partial charge in [-0.05, 0) is 27.0 Å². The standard InChI is InChI=1S/C10H20N2O2S/c1-10(2,3)14-9(13)12-6-5-11-7-8(12)15-4/h8,11H,5-7H2,1-4H3/t8-/m1/s1. The normalized spacial score (nSPS) is 22.7. The Kier molecular flexibility index (Phi) is 4.28. The Morgan fingerprint density at radius 2 is 2.20 bits per heavy atom. The lowest BCUT2D eigenvalue weighted by molar-refractivity contribution is 0.0201. The summed E-state index contributed by atoms with van der Waals surface area (Å²) in [6.45, 7) is 8.07. The summed E-state index contributed by atoms with van der Waals surface area (Å²) in [5.74, 6) is 0. The Morgan fingerprint density at radius 3 is 2.73 bits per heavy atom. The van der Waals surface area contributed by atoms with Gasteiger partial charge in [-0.15, -0.1) is 11.8 Å². The summed E-state index contributed by atoms with van der Waals surface area (Å²) in [6, 6.07) is 0. The van der Waals surface area contributed by atoms with Crippen LogP contribution in [0.2, 0.25) is 0 Å². The number of nitrogens with one attached hydrogen (secondary N) is 1. The number of carbonyl (C=O) groups is 1. The molecule has 0 aromatic rings. The molecule has 5 heteroatoms. The first-order valence-electron chi connectivity index (χ1n) is 5.17. The zero-order valence-electron chi connectivity index (χ0n) is 9.87. The van der Waals surface area contributed by atoms with Crippen LogP contribution in [0.4, 0.5) is 4.79 Å². The molecule has 1 amide bonds. The van der Waals surface area contributed by atoms with Gasteiger partial charge in [0.05, 0.1) is 5.37 Å². The Hall–Kier alpha value is -0.420. The summed E-state index contributed by atoms with van der Waals surface area (Å²) in [5.41, 5.74) is -0.412. The van der Waals surface area contributed by atoms with E-state index < -0.39 is 5.60 Å². The number of nitrogens with zero attached hydrogens (tertiary/aromatic N) is 1. The molecule has 1 aliphatic rings. The van der Waals surface area contributed by atoms with Crippen LogP contribution in [0.3, 0.4) is 0 Å². The molecule has 88 valence electrons. The van der Waals surface area contributed by atoms with E-state index in [1.807, 2.05) is 27.0 Å². The molecule has 1 rings (SSSR count). The van der Waals surface area contributed by atoms with Crippen LogP contribution in [0.25, 0.3) is 0 Å². The highest BCUT2D eigenvalue weighted by molar-refractivity contribution is 7.99. The third-order valence-electron chi connectivity index (χ3n) is 2.10. The van der Waals surface area contributed by atoms with Gasteiger partial charge in [-0.2, -0.15) is 0 Å². The maximum Gasteiger partial charge on any atom is 0.411 e. The van der Waals surface area contributed by atoms with Crippen molar-refractivity contribution in [2.24, 2.45) is 0 Å². The maximum absolute atomic E-state index is 11.8. The van der Waals surface area contributed by atoms with Crippen LogP contribution in [0, 0.1) is 0 Å². The van der Waals surface area contributed by atoms with Crippen LogP contribution in [-0.2, 0) is 4.74 Å². The number of piperazine rings is 1. The van der Waals surface area contributed by atoms with Gasteiger partial charge in [0.1, 0.15) is 5.60 Å². The van der Waals surface area contributed by atoms with Gasteiger partial charge in [-0.1, -0.05) is 0 Å². The van der Waals surface area contributed by atoms with Crippen LogP contribution >= 0.6 is 11.8 Å². The Labute approximate surface area is 95.7 Å². The van der Waals surface area contributed by atoms with Crippen molar-refractivity contribution in [2.75, 3.05) is 25.9 Å². The molecule has 1 heterocycles. The first-order valence-corrected chi connectivity index (χ1v) is 6.46. The first-order chi connectivity index (χ1) is 6.94. The van der Waals surface area contributed by atoms with Crippen molar-refractivity contribution in [3.05, 3.63) is 0 Å². The third kappa shape index (κ3) is 3.91. The fourth-order valence-corrected chi connectivity index (χ4v) is 2.15. The van der Waals surface area contributed by atoms with E-state index in [-0.39, 0.29) is 11.5 Å². The number of hydrogen-bond donors (Lipinski definition) is 1. The lowest BCUT2D eigenvalue weighted by Gasteiger charge is -2.36. The monoisotopic (exact) mass is 232 g/mol. The van der Waals surface area contributed by atoms with Crippen molar-refractivity contribution >= 4 is 17.9 Å². The molecule has 0 aromatic heterocycles. The summed E-state index contributed by atoms with van der Waals surface area (Å²) in [7, 11) is 0. The second-order valence-electron chi connectivity index (χ2n) is 4.57. The van der Waals surface area contributed by atoms with E-state index in [0.29, 0.717) is 0 Å². The molecule has 1 N–H and O–H groups in total. The average Bonchev–Trinajstić information content (AvgIpc) is 2.15. The summed E-state index contributed by atoms with van der Waals surface area (Å²) in [4.78, 5) is 13.6. The van der Waals surface area contributed by atoms with Crippen LogP contribution in [0.1, 0.15) is 20.8 Å². The van der Waals surface area contributed by atoms with Crippen LogP contribution in [0.15, 0.2) is 0 Å². The second kappa shape index (κ2) is 5.07. The van der Waals surface area contributed by atoms with Crippen molar-refractivity contribution in [1.82, 2.24) is 10.2 Å². The van der Waals surface area contributed by atoms with Gasteiger partial charge in [0.2, 0.25) is 0 Å². The maximum atomic E-state index is 11.8. The predicted octanol–water partition coefficient (Wildman–Crippen LogP) is 1.52. The lowest BCUT2D eigenvalue weighted by Crippen LogP contribution is -2.53. The molecule has 1 atom stereocenters. The van der Waals surface area contributed by atoms with Gasteiger partial charge in [0, 0.05) is 19.6 Å². The predicted molar refractivity (Wildman–Crippen MR) is 63.1 cm³/mol. The zero-order valence-corrected chi connectivity index (χ0v) is 10.7. The highest BCUT2D eigenvalue weighted by Gasteiger charge is 2.29.